The predicted octanol–water partition coefficient (Wildman–Crippen LogP) is 2.25. The van der Waals surface area contributed by atoms with E-state index in [1.807, 2.05) is 24.3 Å². The lowest BCUT2D eigenvalue weighted by Gasteiger charge is -2.29. The van der Waals surface area contributed by atoms with Crippen molar-refractivity contribution < 1.29 is 14.3 Å². The smallest absolute Gasteiger partial charge is 0.262 e. The largest absolute Gasteiger partial charge is 0.486 e. The first-order chi connectivity index (χ1) is 14.1. The van der Waals surface area contributed by atoms with E-state index in [2.05, 4.69) is 4.98 Å². The Kier molecular flexibility index (Phi) is 4.50. The van der Waals surface area contributed by atoms with Gasteiger partial charge in [0.25, 0.3) is 5.56 Å². The second kappa shape index (κ2) is 7.18. The number of rotatable bonds is 4. The van der Waals surface area contributed by atoms with Crippen molar-refractivity contribution in [3.8, 4) is 11.5 Å². The number of thiophene rings is 1. The molecule has 5 rings (SSSR count). The fraction of sp³-hybridized carbons (Fsp3) is 0.381. The van der Waals surface area contributed by atoms with E-state index < -0.39 is 0 Å². The maximum Gasteiger partial charge on any atom is 0.262 e. The highest BCUT2D eigenvalue weighted by Gasteiger charge is 2.25. The fourth-order valence-electron chi connectivity index (χ4n) is 3.96. The molecule has 1 amide bonds. The van der Waals surface area contributed by atoms with Crippen LogP contribution >= 0.6 is 11.3 Å². The fourth-order valence-corrected chi connectivity index (χ4v) is 5.18. The summed E-state index contributed by atoms with van der Waals surface area (Å²) < 4.78 is 13.1. The van der Waals surface area contributed by atoms with Crippen LogP contribution in [0.25, 0.3) is 10.2 Å². The lowest BCUT2D eigenvalue weighted by Crippen LogP contribution is -2.43. The van der Waals surface area contributed by atoms with Gasteiger partial charge in [-0.3, -0.25) is 14.2 Å². The standard InChI is InChI=1S/C21H21N3O4S/c1-23(9-13-11-27-15-6-2-3-7-16(15)28-13)18(25)10-24-12-22-20-19(21(24)26)14-5-4-8-17(14)29-20/h2-3,6-7,12-13H,4-5,8-11H2,1H3/t13-/m0/s1. The molecule has 29 heavy (non-hydrogen) atoms. The molecular formula is C21H21N3O4S. The number of carbonyl (C=O) groups is 1. The minimum Gasteiger partial charge on any atom is -0.486 e. The number of aromatic nitrogens is 2. The average Bonchev–Trinajstić information content (AvgIpc) is 3.31. The number of fused-ring (bicyclic) bond motifs is 4. The molecule has 0 spiro atoms. The third-order valence-electron chi connectivity index (χ3n) is 5.47. The first-order valence-electron chi connectivity index (χ1n) is 9.72. The molecule has 150 valence electrons. The van der Waals surface area contributed by atoms with Gasteiger partial charge in [0.2, 0.25) is 5.91 Å². The number of amides is 1. The molecule has 0 saturated heterocycles. The summed E-state index contributed by atoms with van der Waals surface area (Å²) in [7, 11) is 1.71. The summed E-state index contributed by atoms with van der Waals surface area (Å²) >= 11 is 1.60. The van der Waals surface area contributed by atoms with Gasteiger partial charge in [-0.1, -0.05) is 12.1 Å². The van der Waals surface area contributed by atoms with Crippen LogP contribution in [0.2, 0.25) is 0 Å². The number of carbonyl (C=O) groups excluding carboxylic acids is 1. The van der Waals surface area contributed by atoms with Crippen molar-refractivity contribution in [2.24, 2.45) is 0 Å². The molecule has 0 bridgehead atoms. The third kappa shape index (κ3) is 3.27. The van der Waals surface area contributed by atoms with E-state index in [4.69, 9.17) is 9.47 Å². The van der Waals surface area contributed by atoms with E-state index in [0.717, 1.165) is 29.7 Å². The molecule has 0 radical (unpaired) electrons. The maximum atomic E-state index is 12.9. The molecule has 2 aliphatic rings. The van der Waals surface area contributed by atoms with Crippen molar-refractivity contribution in [1.82, 2.24) is 14.5 Å². The highest BCUT2D eigenvalue weighted by atomic mass is 32.1. The van der Waals surface area contributed by atoms with E-state index in [1.165, 1.54) is 15.8 Å². The van der Waals surface area contributed by atoms with Gasteiger partial charge in [0, 0.05) is 11.9 Å². The zero-order valence-electron chi connectivity index (χ0n) is 16.1. The Morgan fingerprint density at radius 3 is 3.00 bits per heavy atom. The summed E-state index contributed by atoms with van der Waals surface area (Å²) in [5, 5.41) is 0.695. The maximum absolute atomic E-state index is 12.9. The molecule has 7 nitrogen and oxygen atoms in total. The zero-order chi connectivity index (χ0) is 20.0. The highest BCUT2D eigenvalue weighted by molar-refractivity contribution is 7.18. The predicted molar refractivity (Wildman–Crippen MR) is 110 cm³/mol. The number of benzene rings is 1. The van der Waals surface area contributed by atoms with Crippen molar-refractivity contribution in [3.63, 3.8) is 0 Å². The average molecular weight is 411 g/mol. The molecule has 1 aromatic carbocycles. The van der Waals surface area contributed by atoms with E-state index in [0.29, 0.717) is 30.0 Å². The van der Waals surface area contributed by atoms with Gasteiger partial charge in [-0.05, 0) is 37.0 Å². The molecule has 0 unspecified atom stereocenters. The van der Waals surface area contributed by atoms with Gasteiger partial charge in [-0.25, -0.2) is 4.98 Å². The normalized spacial score (nSPS) is 17.3. The lowest BCUT2D eigenvalue weighted by molar-refractivity contribution is -0.132. The van der Waals surface area contributed by atoms with Crippen molar-refractivity contribution in [3.05, 3.63) is 51.4 Å². The minimum absolute atomic E-state index is 0.0347. The Morgan fingerprint density at radius 2 is 2.14 bits per heavy atom. The lowest BCUT2D eigenvalue weighted by atomic mass is 10.2. The van der Waals surface area contributed by atoms with Crippen molar-refractivity contribution in [2.45, 2.75) is 31.9 Å². The molecule has 2 aromatic heterocycles. The monoisotopic (exact) mass is 411 g/mol. The number of nitrogens with zero attached hydrogens (tertiary/aromatic N) is 3. The van der Waals surface area contributed by atoms with Crippen LogP contribution in [0.5, 0.6) is 11.5 Å². The van der Waals surface area contributed by atoms with Crippen molar-refractivity contribution >= 4 is 27.5 Å². The van der Waals surface area contributed by atoms with Crippen LogP contribution in [0.15, 0.2) is 35.4 Å². The number of aryl methyl sites for hydroxylation is 2. The van der Waals surface area contributed by atoms with Crippen LogP contribution in [0.1, 0.15) is 16.9 Å². The van der Waals surface area contributed by atoms with Gasteiger partial charge in [0.15, 0.2) is 17.6 Å². The number of para-hydroxylation sites is 2. The SMILES string of the molecule is CN(C[C@H]1COc2ccccc2O1)C(=O)Cn1cnc2sc3c(c2c1=O)CCC3. The van der Waals surface area contributed by atoms with Crippen molar-refractivity contribution in [1.29, 1.82) is 0 Å². The second-order valence-corrected chi connectivity index (χ2v) is 8.57. The van der Waals surface area contributed by atoms with Gasteiger partial charge in [0.1, 0.15) is 18.0 Å². The summed E-state index contributed by atoms with van der Waals surface area (Å²) in [5.41, 5.74) is 1.01. The third-order valence-corrected chi connectivity index (χ3v) is 6.67. The molecule has 1 aliphatic heterocycles. The van der Waals surface area contributed by atoms with Gasteiger partial charge in [-0.15, -0.1) is 11.3 Å². The van der Waals surface area contributed by atoms with E-state index in [9.17, 15) is 9.59 Å². The Balaban J connectivity index is 1.29. The Morgan fingerprint density at radius 1 is 1.31 bits per heavy atom. The minimum atomic E-state index is -0.253. The summed E-state index contributed by atoms with van der Waals surface area (Å²) in [5.74, 6) is 1.23. The second-order valence-electron chi connectivity index (χ2n) is 7.49. The molecule has 0 N–H and O–H groups in total. The van der Waals surface area contributed by atoms with E-state index >= 15 is 0 Å². The summed E-state index contributed by atoms with van der Waals surface area (Å²) in [6.45, 7) is 0.724. The van der Waals surface area contributed by atoms with E-state index in [-0.39, 0.29) is 24.1 Å². The number of ether oxygens (including phenoxy) is 2. The van der Waals surface area contributed by atoms with Gasteiger partial charge in [-0.2, -0.15) is 0 Å². The molecule has 8 heteroatoms. The van der Waals surface area contributed by atoms with Gasteiger partial charge < -0.3 is 14.4 Å². The Labute approximate surface area is 171 Å². The summed E-state index contributed by atoms with van der Waals surface area (Å²) in [6.07, 6.45) is 4.25. The van der Waals surface area contributed by atoms with Crippen LogP contribution in [-0.2, 0) is 24.2 Å². The van der Waals surface area contributed by atoms with Crippen LogP contribution < -0.4 is 15.0 Å². The van der Waals surface area contributed by atoms with Crippen LogP contribution in [0.3, 0.4) is 0 Å². The quantitative estimate of drug-likeness (QED) is 0.658. The van der Waals surface area contributed by atoms with Gasteiger partial charge in [0.05, 0.1) is 18.3 Å². The number of hydrogen-bond acceptors (Lipinski definition) is 6. The topological polar surface area (TPSA) is 73.7 Å². The first kappa shape index (κ1) is 18.2. The summed E-state index contributed by atoms with van der Waals surface area (Å²) in [4.78, 5) is 33.7. The van der Waals surface area contributed by atoms with Crippen LogP contribution in [0.4, 0.5) is 0 Å². The molecule has 0 fully saturated rings. The summed E-state index contributed by atoms with van der Waals surface area (Å²) in [6, 6.07) is 7.49. The van der Waals surface area contributed by atoms with E-state index in [1.54, 1.807) is 23.3 Å². The highest BCUT2D eigenvalue weighted by Crippen LogP contribution is 2.34. The zero-order valence-corrected chi connectivity index (χ0v) is 16.9. The molecule has 3 aromatic rings. The Bertz CT molecular complexity index is 1150. The van der Waals surface area contributed by atoms with Gasteiger partial charge >= 0.3 is 0 Å². The molecule has 1 aliphatic carbocycles. The first-order valence-corrected chi connectivity index (χ1v) is 10.5. The van der Waals surface area contributed by atoms with Crippen molar-refractivity contribution in [2.75, 3.05) is 20.2 Å². The number of likely N-dealkylation sites (N-methyl/N-ethyl adjacent to an activating group) is 1. The Hall–Kier alpha value is -2.87. The molecule has 0 saturated carbocycles. The van der Waals surface area contributed by atoms with Crippen LogP contribution in [-0.4, -0.2) is 46.7 Å². The molecule has 3 heterocycles. The molecular weight excluding hydrogens is 390 g/mol. The number of hydrogen-bond donors (Lipinski definition) is 0. The van der Waals surface area contributed by atoms with Crippen LogP contribution in [0, 0.1) is 0 Å². The molecule has 1 atom stereocenters.